The first-order valence-corrected chi connectivity index (χ1v) is 20.9. The smallest absolute Gasteiger partial charge is 0.266 e. The Morgan fingerprint density at radius 3 is 1.05 bits per heavy atom. The summed E-state index contributed by atoms with van der Waals surface area (Å²) in [6.45, 7) is 18.3. The fourth-order valence-electron chi connectivity index (χ4n) is 9.46. The summed E-state index contributed by atoms with van der Waals surface area (Å²) >= 11 is 0. The van der Waals surface area contributed by atoms with Gasteiger partial charge >= 0.3 is 0 Å². The van der Waals surface area contributed by atoms with Gasteiger partial charge in [-0.05, 0) is 200 Å². The first kappa shape index (κ1) is 40.0. The summed E-state index contributed by atoms with van der Waals surface area (Å²) in [7, 11) is 0. The molecule has 0 spiro atoms. The molecular weight excluding hydrogens is 767 g/mol. The van der Waals surface area contributed by atoms with Crippen LogP contribution in [0.1, 0.15) is 91.5 Å². The van der Waals surface area contributed by atoms with Crippen LogP contribution >= 0.6 is 0 Å². The fourth-order valence-corrected chi connectivity index (χ4v) is 9.46. The molecule has 7 aromatic rings. The van der Waals surface area contributed by atoms with Gasteiger partial charge in [0, 0.05) is 5.69 Å². The standard InChI is InChI=1S/C55H47N3O4/c1-28-10-12-37(13-11-28)39-16-20-44-48(26-39)54(61)57(52(44)59)50-29(2)24-46(33(6)35(50)8)42-22-23-43(32(5)31(42)4)47-25-30(3)51(36(9)34(47)7)58-53(60)45-21-17-40(27-49(45)55(58)62)38-14-18-41(56)19-15-38/h10-27H,56H2,1-9H3. The van der Waals surface area contributed by atoms with Gasteiger partial charge in [0.2, 0.25) is 0 Å². The van der Waals surface area contributed by atoms with E-state index in [4.69, 9.17) is 5.73 Å². The lowest BCUT2D eigenvalue weighted by atomic mass is 9.84. The molecule has 0 unspecified atom stereocenters. The van der Waals surface area contributed by atoms with Gasteiger partial charge in [0.1, 0.15) is 0 Å². The zero-order valence-electron chi connectivity index (χ0n) is 36.5. The van der Waals surface area contributed by atoms with E-state index in [0.29, 0.717) is 39.3 Å². The van der Waals surface area contributed by atoms with Gasteiger partial charge in [0.15, 0.2) is 0 Å². The van der Waals surface area contributed by atoms with Crippen molar-refractivity contribution in [3.8, 4) is 44.5 Å². The van der Waals surface area contributed by atoms with Gasteiger partial charge < -0.3 is 5.73 Å². The van der Waals surface area contributed by atoms with Gasteiger partial charge in [-0.25, -0.2) is 9.80 Å². The van der Waals surface area contributed by atoms with E-state index in [0.717, 1.165) is 94.6 Å². The number of nitrogens with zero attached hydrogens (tertiary/aromatic N) is 2. The molecule has 0 radical (unpaired) electrons. The molecule has 7 heteroatoms. The number of benzene rings is 7. The quantitative estimate of drug-likeness (QED) is 0.133. The Morgan fingerprint density at radius 1 is 0.323 bits per heavy atom. The van der Waals surface area contributed by atoms with Crippen molar-refractivity contribution in [3.63, 3.8) is 0 Å². The summed E-state index contributed by atoms with van der Waals surface area (Å²) in [5.74, 6) is -1.29. The van der Waals surface area contributed by atoms with E-state index in [1.165, 1.54) is 9.80 Å². The van der Waals surface area contributed by atoms with E-state index in [1.807, 2.05) is 108 Å². The van der Waals surface area contributed by atoms with E-state index in [-0.39, 0.29) is 23.6 Å². The van der Waals surface area contributed by atoms with Gasteiger partial charge in [-0.1, -0.05) is 66.2 Å². The number of carbonyl (C=O) groups is 4. The summed E-state index contributed by atoms with van der Waals surface area (Å²) in [6, 6.07) is 35.0. The number of anilines is 3. The van der Waals surface area contributed by atoms with Crippen LogP contribution in [-0.4, -0.2) is 23.6 Å². The second-order valence-electron chi connectivity index (χ2n) is 17.0. The van der Waals surface area contributed by atoms with Gasteiger partial charge in [0.05, 0.1) is 33.6 Å². The van der Waals surface area contributed by atoms with Crippen molar-refractivity contribution in [3.05, 3.63) is 182 Å². The molecule has 7 aromatic carbocycles. The highest BCUT2D eigenvalue weighted by atomic mass is 16.2. The molecule has 2 aliphatic heterocycles. The number of carbonyl (C=O) groups excluding carboxylic acids is 4. The van der Waals surface area contributed by atoms with Crippen LogP contribution in [0.2, 0.25) is 0 Å². The number of hydrogen-bond donors (Lipinski definition) is 1. The van der Waals surface area contributed by atoms with Crippen LogP contribution in [0.15, 0.2) is 109 Å². The molecule has 2 N–H and O–H groups in total. The molecule has 4 amide bonds. The zero-order chi connectivity index (χ0) is 44.0. The van der Waals surface area contributed by atoms with Crippen LogP contribution in [0.4, 0.5) is 17.1 Å². The Hall–Kier alpha value is -7.38. The van der Waals surface area contributed by atoms with Crippen molar-refractivity contribution < 1.29 is 19.2 Å². The Kier molecular flexibility index (Phi) is 9.47. The average Bonchev–Trinajstić information content (AvgIpc) is 3.65. The number of nitrogen functional groups attached to an aromatic ring is 1. The molecule has 0 atom stereocenters. The van der Waals surface area contributed by atoms with Crippen molar-refractivity contribution in [2.75, 3.05) is 15.5 Å². The molecule has 306 valence electrons. The molecule has 9 rings (SSSR count). The lowest BCUT2D eigenvalue weighted by Gasteiger charge is -2.25. The third-order valence-corrected chi connectivity index (χ3v) is 13.3. The highest BCUT2D eigenvalue weighted by molar-refractivity contribution is 6.36. The van der Waals surface area contributed by atoms with Gasteiger partial charge in [-0.15, -0.1) is 0 Å². The minimum atomic E-state index is -0.334. The molecule has 2 aliphatic rings. The second-order valence-corrected chi connectivity index (χ2v) is 17.0. The van der Waals surface area contributed by atoms with Gasteiger partial charge in [-0.3, -0.25) is 19.2 Å². The molecule has 62 heavy (non-hydrogen) atoms. The van der Waals surface area contributed by atoms with Crippen LogP contribution < -0.4 is 15.5 Å². The van der Waals surface area contributed by atoms with Gasteiger partial charge in [-0.2, -0.15) is 0 Å². The first-order valence-electron chi connectivity index (χ1n) is 20.9. The van der Waals surface area contributed by atoms with Gasteiger partial charge in [0.25, 0.3) is 23.6 Å². The number of hydrogen-bond acceptors (Lipinski definition) is 5. The molecule has 7 nitrogen and oxygen atoms in total. The fraction of sp³-hybridized carbons (Fsp3) is 0.164. The number of nitrogens with two attached hydrogens (primary N) is 1. The van der Waals surface area contributed by atoms with Crippen LogP contribution in [0, 0.1) is 62.3 Å². The molecular formula is C55H47N3O4. The predicted molar refractivity (Wildman–Crippen MR) is 250 cm³/mol. The van der Waals surface area contributed by atoms with Crippen LogP contribution in [0.3, 0.4) is 0 Å². The lowest BCUT2D eigenvalue weighted by Crippen LogP contribution is -2.31. The summed E-state index contributed by atoms with van der Waals surface area (Å²) in [5.41, 5.74) is 26.0. The normalized spacial score (nSPS) is 13.4. The maximum atomic E-state index is 14.1. The molecule has 0 saturated carbocycles. The Balaban J connectivity index is 1.03. The Labute approximate surface area is 362 Å². The highest BCUT2D eigenvalue weighted by Crippen LogP contribution is 2.44. The highest BCUT2D eigenvalue weighted by Gasteiger charge is 2.40. The van der Waals surface area contributed by atoms with Crippen molar-refractivity contribution in [2.45, 2.75) is 62.3 Å². The SMILES string of the molecule is Cc1ccc(-c2ccc3c(c2)C(=O)N(c2c(C)cc(-c4ccc(-c5cc(C)c(N6C(=O)c7ccc(-c8ccc(N)cc8)cc7C6=O)c(C)c5C)c(C)c4C)c(C)c2C)C3=O)cc1. The topological polar surface area (TPSA) is 101 Å². The third-order valence-electron chi connectivity index (χ3n) is 13.3. The minimum absolute atomic E-state index is 0.311. The number of fused-ring (bicyclic) bond motifs is 2. The molecule has 0 bridgehead atoms. The maximum Gasteiger partial charge on any atom is 0.266 e. The maximum absolute atomic E-state index is 14.1. The summed E-state index contributed by atoms with van der Waals surface area (Å²) in [5, 5.41) is 0. The zero-order valence-corrected chi connectivity index (χ0v) is 36.5. The van der Waals surface area contributed by atoms with E-state index in [2.05, 4.69) is 45.0 Å². The minimum Gasteiger partial charge on any atom is -0.399 e. The van der Waals surface area contributed by atoms with Crippen molar-refractivity contribution >= 4 is 40.7 Å². The molecule has 0 fully saturated rings. The summed E-state index contributed by atoms with van der Waals surface area (Å²) in [6.07, 6.45) is 0. The largest absolute Gasteiger partial charge is 0.399 e. The number of amides is 4. The molecule has 0 aliphatic carbocycles. The number of imide groups is 2. The number of aryl methyl sites for hydroxylation is 3. The Bertz CT molecular complexity index is 2930. The third kappa shape index (κ3) is 6.10. The van der Waals surface area contributed by atoms with Crippen molar-refractivity contribution in [1.29, 1.82) is 0 Å². The summed E-state index contributed by atoms with van der Waals surface area (Å²) in [4.78, 5) is 58.7. The van der Waals surface area contributed by atoms with Crippen LogP contribution in [0.25, 0.3) is 44.5 Å². The average molecular weight is 814 g/mol. The molecule has 0 aromatic heterocycles. The summed E-state index contributed by atoms with van der Waals surface area (Å²) < 4.78 is 0. The number of rotatable bonds is 6. The van der Waals surface area contributed by atoms with Crippen molar-refractivity contribution in [2.24, 2.45) is 0 Å². The Morgan fingerprint density at radius 2 is 0.645 bits per heavy atom. The lowest BCUT2D eigenvalue weighted by molar-refractivity contribution is 0.0910. The van der Waals surface area contributed by atoms with Crippen LogP contribution in [0.5, 0.6) is 0 Å². The first-order chi connectivity index (χ1) is 29.6. The van der Waals surface area contributed by atoms with Crippen molar-refractivity contribution in [1.82, 2.24) is 0 Å². The van der Waals surface area contributed by atoms with E-state index in [9.17, 15) is 19.2 Å². The predicted octanol–water partition coefficient (Wildman–Crippen LogP) is 12.3. The molecule has 0 saturated heterocycles. The second kappa shape index (κ2) is 14.7. The van der Waals surface area contributed by atoms with E-state index >= 15 is 0 Å². The van der Waals surface area contributed by atoms with E-state index in [1.54, 1.807) is 18.2 Å². The van der Waals surface area contributed by atoms with Crippen LogP contribution in [-0.2, 0) is 0 Å². The molecule has 2 heterocycles. The van der Waals surface area contributed by atoms with E-state index < -0.39 is 0 Å². The monoisotopic (exact) mass is 813 g/mol.